The molecule has 4 heterocycles. The fourth-order valence-corrected chi connectivity index (χ4v) is 4.24. The largest absolute Gasteiger partial charge is 0.362 e. The molecule has 0 radical (unpaired) electrons. The highest BCUT2D eigenvalue weighted by Gasteiger charge is 2.21. The lowest BCUT2D eigenvalue weighted by Gasteiger charge is -2.34. The lowest BCUT2D eigenvalue weighted by atomic mass is 10.1. The van der Waals surface area contributed by atoms with Crippen LogP contribution in [0.5, 0.6) is 0 Å². The van der Waals surface area contributed by atoms with Gasteiger partial charge in [-0.05, 0) is 37.6 Å². The fourth-order valence-electron chi connectivity index (χ4n) is 3.98. The molecule has 1 aliphatic rings. The van der Waals surface area contributed by atoms with Gasteiger partial charge >= 0.3 is 0 Å². The molecule has 0 spiro atoms. The van der Waals surface area contributed by atoms with Crippen molar-refractivity contribution in [2.24, 2.45) is 0 Å². The van der Waals surface area contributed by atoms with E-state index in [4.69, 9.17) is 16.6 Å². The zero-order valence-electron chi connectivity index (χ0n) is 17.1. The third-order valence-corrected chi connectivity index (χ3v) is 6.02. The molecule has 154 valence electrons. The summed E-state index contributed by atoms with van der Waals surface area (Å²) in [5, 5.41) is 10.8. The Labute approximate surface area is 180 Å². The van der Waals surface area contributed by atoms with Crippen LogP contribution in [-0.4, -0.2) is 57.7 Å². The highest BCUT2D eigenvalue weighted by atomic mass is 35.5. The van der Waals surface area contributed by atoms with Gasteiger partial charge in [-0.2, -0.15) is 9.61 Å². The van der Waals surface area contributed by atoms with E-state index < -0.39 is 0 Å². The number of nitrogens with one attached hydrogen (secondary N) is 1. The molecule has 0 saturated carbocycles. The summed E-state index contributed by atoms with van der Waals surface area (Å²) < 4.78 is 1.80. The van der Waals surface area contributed by atoms with E-state index in [1.807, 2.05) is 24.3 Å². The molecule has 1 aliphatic heterocycles. The molecular formula is C22H24ClN7. The van der Waals surface area contributed by atoms with Gasteiger partial charge in [0.1, 0.15) is 11.6 Å². The first kappa shape index (κ1) is 19.1. The molecule has 0 aliphatic carbocycles. The van der Waals surface area contributed by atoms with Crippen LogP contribution in [-0.2, 0) is 0 Å². The van der Waals surface area contributed by atoms with Crippen molar-refractivity contribution in [3.05, 3.63) is 59.5 Å². The minimum absolute atomic E-state index is 0.0191. The Morgan fingerprint density at radius 1 is 1.07 bits per heavy atom. The Kier molecular flexibility index (Phi) is 4.92. The smallest absolute Gasteiger partial charge is 0.157 e. The molecule has 1 N–H and O–H groups in total. The van der Waals surface area contributed by atoms with Crippen molar-refractivity contribution in [1.29, 1.82) is 0 Å². The van der Waals surface area contributed by atoms with Crippen molar-refractivity contribution in [1.82, 2.24) is 24.5 Å². The first-order chi connectivity index (χ1) is 14.6. The highest BCUT2D eigenvalue weighted by Crippen LogP contribution is 2.34. The van der Waals surface area contributed by atoms with Crippen LogP contribution in [0.1, 0.15) is 18.7 Å². The molecule has 8 heteroatoms. The predicted octanol–water partition coefficient (Wildman–Crippen LogP) is 3.86. The van der Waals surface area contributed by atoms with Gasteiger partial charge in [0.05, 0.1) is 23.0 Å². The number of hydrogen-bond acceptors (Lipinski definition) is 6. The summed E-state index contributed by atoms with van der Waals surface area (Å²) in [4.78, 5) is 14.1. The van der Waals surface area contributed by atoms with Crippen molar-refractivity contribution in [2.45, 2.75) is 13.0 Å². The van der Waals surface area contributed by atoms with Crippen molar-refractivity contribution >= 4 is 39.7 Å². The van der Waals surface area contributed by atoms with Gasteiger partial charge in [-0.15, -0.1) is 0 Å². The number of anilines is 2. The first-order valence-corrected chi connectivity index (χ1v) is 10.6. The van der Waals surface area contributed by atoms with Crippen LogP contribution in [0, 0.1) is 0 Å². The summed E-state index contributed by atoms with van der Waals surface area (Å²) in [6.07, 6.45) is 3.54. The molecule has 30 heavy (non-hydrogen) atoms. The molecule has 7 nitrogen and oxygen atoms in total. The van der Waals surface area contributed by atoms with Gasteiger partial charge in [-0.25, -0.2) is 9.97 Å². The maximum absolute atomic E-state index is 6.61. The molecule has 0 amide bonds. The van der Waals surface area contributed by atoms with Gasteiger partial charge < -0.3 is 15.1 Å². The summed E-state index contributed by atoms with van der Waals surface area (Å²) in [7, 11) is 2.16. The van der Waals surface area contributed by atoms with E-state index >= 15 is 0 Å². The number of halogens is 1. The summed E-state index contributed by atoms with van der Waals surface area (Å²) in [5.74, 6) is 1.85. The van der Waals surface area contributed by atoms with Crippen LogP contribution < -0.4 is 10.2 Å². The Bertz CT molecular complexity index is 1200. The maximum Gasteiger partial charge on any atom is 0.157 e. The van der Waals surface area contributed by atoms with Crippen molar-refractivity contribution < 1.29 is 0 Å². The first-order valence-electron chi connectivity index (χ1n) is 10.2. The Hall–Kier alpha value is -2.90. The number of nitrogens with zero attached hydrogens (tertiary/aromatic N) is 6. The topological polar surface area (TPSA) is 61.6 Å². The third-order valence-electron chi connectivity index (χ3n) is 5.71. The molecule has 0 bridgehead atoms. The van der Waals surface area contributed by atoms with Crippen LogP contribution in [0.25, 0.3) is 16.4 Å². The Morgan fingerprint density at radius 3 is 2.73 bits per heavy atom. The number of hydrogen-bond donors (Lipinski definition) is 1. The number of pyridine rings is 1. The van der Waals surface area contributed by atoms with Gasteiger partial charge in [0.25, 0.3) is 0 Å². The summed E-state index contributed by atoms with van der Waals surface area (Å²) in [6, 6.07) is 12.0. The second kappa shape index (κ2) is 7.74. The summed E-state index contributed by atoms with van der Waals surface area (Å²) in [6.45, 7) is 6.02. The second-order valence-electron chi connectivity index (χ2n) is 7.80. The normalized spacial score (nSPS) is 16.3. The Balaban J connectivity index is 1.55. The van der Waals surface area contributed by atoms with Crippen LogP contribution >= 0.6 is 11.6 Å². The average Bonchev–Trinajstić information content (AvgIpc) is 3.24. The quantitative estimate of drug-likeness (QED) is 0.540. The Morgan fingerprint density at radius 2 is 1.90 bits per heavy atom. The third kappa shape index (κ3) is 3.44. The maximum atomic E-state index is 6.61. The zero-order chi connectivity index (χ0) is 20.7. The van der Waals surface area contributed by atoms with E-state index in [2.05, 4.69) is 51.3 Å². The van der Waals surface area contributed by atoms with E-state index in [1.165, 1.54) is 0 Å². The zero-order valence-corrected chi connectivity index (χ0v) is 17.8. The molecule has 1 atom stereocenters. The summed E-state index contributed by atoms with van der Waals surface area (Å²) in [5.41, 5.74) is 1.78. The molecule has 1 saturated heterocycles. The van der Waals surface area contributed by atoms with Gasteiger partial charge in [-0.3, -0.25) is 0 Å². The number of fused-ring (bicyclic) bond motifs is 2. The van der Waals surface area contributed by atoms with E-state index in [-0.39, 0.29) is 6.04 Å². The summed E-state index contributed by atoms with van der Waals surface area (Å²) >= 11 is 6.61. The fraction of sp³-hybridized carbons (Fsp3) is 0.318. The van der Waals surface area contributed by atoms with Crippen LogP contribution in [0.4, 0.5) is 11.6 Å². The van der Waals surface area contributed by atoms with Crippen LogP contribution in [0.15, 0.2) is 48.8 Å². The minimum Gasteiger partial charge on any atom is -0.362 e. The van der Waals surface area contributed by atoms with E-state index in [0.29, 0.717) is 0 Å². The number of piperazine rings is 1. The molecular weight excluding hydrogens is 398 g/mol. The molecule has 1 aromatic carbocycles. The molecule has 5 rings (SSSR count). The molecule has 0 unspecified atom stereocenters. The van der Waals surface area contributed by atoms with Gasteiger partial charge in [0, 0.05) is 43.8 Å². The van der Waals surface area contributed by atoms with Crippen LogP contribution in [0.2, 0.25) is 5.02 Å². The highest BCUT2D eigenvalue weighted by molar-refractivity contribution is 6.36. The van der Waals surface area contributed by atoms with Crippen LogP contribution in [0.3, 0.4) is 0 Å². The lowest BCUT2D eigenvalue weighted by Crippen LogP contribution is -2.45. The predicted molar refractivity (Wildman–Crippen MR) is 121 cm³/mol. The van der Waals surface area contributed by atoms with Crippen molar-refractivity contribution in [3.8, 4) is 0 Å². The number of likely N-dealkylation sites (N-methyl/N-ethyl adjacent to an activating group) is 1. The standard InChI is InChI=1S/C22H24ClN7/c1-15(26-20-6-8-24-19-7-9-25-30(19)20)18-14-16-4-3-5-17(23)21(16)22(27-18)29-12-10-28(2)11-13-29/h3-9,14-15,26H,10-13H2,1-2H3/t15-/m0/s1. The van der Waals surface area contributed by atoms with Crippen molar-refractivity contribution in [3.63, 3.8) is 0 Å². The number of rotatable bonds is 4. The van der Waals surface area contributed by atoms with E-state index in [9.17, 15) is 0 Å². The van der Waals surface area contributed by atoms with Gasteiger partial charge in [0.15, 0.2) is 5.65 Å². The SMILES string of the molecule is C[C@H](Nc1ccnc2ccnn12)c1cc2cccc(Cl)c2c(N2CCN(C)CC2)n1. The monoisotopic (exact) mass is 421 g/mol. The van der Waals surface area contributed by atoms with E-state index in [1.54, 1.807) is 16.9 Å². The number of aromatic nitrogens is 4. The van der Waals surface area contributed by atoms with Gasteiger partial charge in [-0.1, -0.05) is 23.7 Å². The van der Waals surface area contributed by atoms with Crippen molar-refractivity contribution in [2.75, 3.05) is 43.4 Å². The molecule has 4 aromatic rings. The minimum atomic E-state index is -0.0191. The second-order valence-corrected chi connectivity index (χ2v) is 8.20. The number of benzene rings is 1. The van der Waals surface area contributed by atoms with E-state index in [0.717, 1.165) is 65.0 Å². The molecule has 1 fully saturated rings. The van der Waals surface area contributed by atoms with Gasteiger partial charge in [0.2, 0.25) is 0 Å². The lowest BCUT2D eigenvalue weighted by molar-refractivity contribution is 0.312. The average molecular weight is 422 g/mol. The molecule has 3 aromatic heterocycles.